The van der Waals surface area contributed by atoms with Gasteiger partial charge < -0.3 is 10.2 Å². The van der Waals surface area contributed by atoms with Gasteiger partial charge in [0.05, 0.1) is 6.67 Å². The minimum Gasteiger partial charge on any atom is -0.309 e. The predicted molar refractivity (Wildman–Crippen MR) is 43.4 cm³/mol. The van der Waals surface area contributed by atoms with Gasteiger partial charge in [-0.05, 0) is 33.6 Å². The molecule has 0 bridgehead atoms. The van der Waals surface area contributed by atoms with E-state index in [4.69, 9.17) is 5.84 Å². The average molecular weight is 146 g/mol. The molecule has 0 aliphatic carbocycles. The van der Waals surface area contributed by atoms with Crippen LogP contribution in [0.3, 0.4) is 0 Å². The lowest BCUT2D eigenvalue weighted by molar-refractivity contribution is 0.393. The fourth-order valence-corrected chi connectivity index (χ4v) is 0.681. The Hall–Kier alpha value is -0.160. The Morgan fingerprint density at radius 1 is 1.40 bits per heavy atom. The van der Waals surface area contributed by atoms with E-state index in [1.807, 2.05) is 0 Å². The van der Waals surface area contributed by atoms with E-state index in [0.717, 1.165) is 19.5 Å². The van der Waals surface area contributed by atoms with Crippen LogP contribution in [-0.4, -0.2) is 38.8 Å². The van der Waals surface area contributed by atoms with Gasteiger partial charge in [0.15, 0.2) is 0 Å². The predicted octanol–water partition coefficient (Wildman–Crippen LogP) is -1.05. The zero-order valence-electron chi connectivity index (χ0n) is 6.85. The quantitative estimate of drug-likeness (QED) is 0.194. The Bertz CT molecular complexity index is 64.8. The highest BCUT2D eigenvalue weighted by Gasteiger charge is 1.88. The van der Waals surface area contributed by atoms with Gasteiger partial charge in [-0.2, -0.15) is 0 Å². The SMILES string of the molecule is CN(C)CCCNCNN. The number of nitrogens with one attached hydrogen (secondary N) is 2. The van der Waals surface area contributed by atoms with Crippen molar-refractivity contribution >= 4 is 0 Å². The fraction of sp³-hybridized carbons (Fsp3) is 1.00. The van der Waals surface area contributed by atoms with E-state index in [-0.39, 0.29) is 0 Å². The Labute approximate surface area is 62.7 Å². The number of nitrogens with zero attached hydrogens (tertiary/aromatic N) is 1. The molecule has 0 aromatic heterocycles. The van der Waals surface area contributed by atoms with E-state index < -0.39 is 0 Å². The fourth-order valence-electron chi connectivity index (χ4n) is 0.681. The summed E-state index contributed by atoms with van der Waals surface area (Å²) in [5.41, 5.74) is 2.53. The van der Waals surface area contributed by atoms with Crippen molar-refractivity contribution in [1.29, 1.82) is 0 Å². The molecule has 0 heterocycles. The Morgan fingerprint density at radius 3 is 2.60 bits per heavy atom. The van der Waals surface area contributed by atoms with Crippen molar-refractivity contribution in [3.8, 4) is 0 Å². The molecule has 0 saturated heterocycles. The second kappa shape index (κ2) is 6.95. The normalized spacial score (nSPS) is 10.8. The summed E-state index contributed by atoms with van der Waals surface area (Å²) in [5, 5.41) is 3.13. The van der Waals surface area contributed by atoms with E-state index in [2.05, 4.69) is 29.7 Å². The van der Waals surface area contributed by atoms with E-state index in [9.17, 15) is 0 Å². The highest BCUT2D eigenvalue weighted by atomic mass is 15.3. The molecule has 0 aromatic rings. The van der Waals surface area contributed by atoms with E-state index in [0.29, 0.717) is 6.67 Å². The van der Waals surface area contributed by atoms with Gasteiger partial charge >= 0.3 is 0 Å². The topological polar surface area (TPSA) is 53.3 Å². The van der Waals surface area contributed by atoms with Crippen LogP contribution in [0.1, 0.15) is 6.42 Å². The van der Waals surface area contributed by atoms with E-state index >= 15 is 0 Å². The average Bonchev–Trinajstić information content (AvgIpc) is 1.87. The Morgan fingerprint density at radius 2 is 2.10 bits per heavy atom. The van der Waals surface area contributed by atoms with Gasteiger partial charge in [0.25, 0.3) is 0 Å². The van der Waals surface area contributed by atoms with E-state index in [1.54, 1.807) is 0 Å². The second-order valence-corrected chi connectivity index (χ2v) is 2.54. The molecule has 10 heavy (non-hydrogen) atoms. The van der Waals surface area contributed by atoms with Gasteiger partial charge in [-0.3, -0.25) is 5.84 Å². The molecule has 0 aliphatic heterocycles. The first-order chi connectivity index (χ1) is 4.77. The maximum Gasteiger partial charge on any atom is 0.0587 e. The van der Waals surface area contributed by atoms with Crippen molar-refractivity contribution in [2.24, 2.45) is 5.84 Å². The molecule has 0 amide bonds. The van der Waals surface area contributed by atoms with Crippen LogP contribution in [0.4, 0.5) is 0 Å². The molecule has 62 valence electrons. The van der Waals surface area contributed by atoms with Gasteiger partial charge in [0.2, 0.25) is 0 Å². The zero-order valence-corrected chi connectivity index (χ0v) is 6.85. The summed E-state index contributed by atoms with van der Waals surface area (Å²) in [6.45, 7) is 2.83. The highest BCUT2D eigenvalue weighted by molar-refractivity contribution is 4.47. The van der Waals surface area contributed by atoms with Gasteiger partial charge in [-0.1, -0.05) is 0 Å². The molecular formula is C6H18N4. The maximum absolute atomic E-state index is 5.05. The number of hydrazine groups is 1. The minimum absolute atomic E-state index is 0.688. The molecule has 4 nitrogen and oxygen atoms in total. The first kappa shape index (κ1) is 9.84. The van der Waals surface area contributed by atoms with Crippen molar-refractivity contribution in [1.82, 2.24) is 15.6 Å². The maximum atomic E-state index is 5.05. The third kappa shape index (κ3) is 7.84. The molecule has 0 aromatic carbocycles. The molecule has 0 radical (unpaired) electrons. The van der Waals surface area contributed by atoms with E-state index in [1.165, 1.54) is 0 Å². The van der Waals surface area contributed by atoms with Gasteiger partial charge in [-0.15, -0.1) is 0 Å². The number of hydrogen-bond donors (Lipinski definition) is 3. The molecule has 0 unspecified atom stereocenters. The zero-order chi connectivity index (χ0) is 7.82. The lowest BCUT2D eigenvalue weighted by atomic mass is 10.4. The number of rotatable bonds is 6. The molecule has 0 rings (SSSR count). The Balaban J connectivity index is 2.77. The van der Waals surface area contributed by atoms with Crippen molar-refractivity contribution in [3.05, 3.63) is 0 Å². The number of nitrogens with two attached hydrogens (primary N) is 1. The summed E-state index contributed by atoms with van der Waals surface area (Å²) >= 11 is 0. The number of hydrogen-bond acceptors (Lipinski definition) is 4. The van der Waals surface area contributed by atoms with Gasteiger partial charge in [0, 0.05) is 0 Å². The molecule has 0 aliphatic rings. The van der Waals surface area contributed by atoms with Crippen LogP contribution in [-0.2, 0) is 0 Å². The van der Waals surface area contributed by atoms with Crippen LogP contribution in [0.2, 0.25) is 0 Å². The first-order valence-corrected chi connectivity index (χ1v) is 3.56. The monoisotopic (exact) mass is 146 g/mol. The lowest BCUT2D eigenvalue weighted by Crippen LogP contribution is -2.35. The van der Waals surface area contributed by atoms with Crippen LogP contribution < -0.4 is 16.6 Å². The second-order valence-electron chi connectivity index (χ2n) is 2.54. The van der Waals surface area contributed by atoms with Gasteiger partial charge in [0.1, 0.15) is 0 Å². The molecule has 4 heteroatoms. The molecule has 0 saturated carbocycles. The standard InChI is InChI=1S/C6H18N4/c1-10(2)5-3-4-8-6-9-7/h8-9H,3-7H2,1-2H3. The van der Waals surface area contributed by atoms with Gasteiger partial charge in [-0.25, -0.2) is 5.43 Å². The Kier molecular flexibility index (Phi) is 6.84. The molecule has 0 fully saturated rings. The van der Waals surface area contributed by atoms with Crippen LogP contribution in [0.15, 0.2) is 0 Å². The third-order valence-electron chi connectivity index (χ3n) is 1.19. The van der Waals surface area contributed by atoms with Crippen molar-refractivity contribution in [2.75, 3.05) is 33.9 Å². The van der Waals surface area contributed by atoms with Crippen molar-refractivity contribution < 1.29 is 0 Å². The summed E-state index contributed by atoms with van der Waals surface area (Å²) < 4.78 is 0. The van der Waals surface area contributed by atoms with Crippen molar-refractivity contribution in [3.63, 3.8) is 0 Å². The summed E-state index contributed by atoms with van der Waals surface area (Å²) in [4.78, 5) is 2.16. The lowest BCUT2D eigenvalue weighted by Gasteiger charge is -2.08. The van der Waals surface area contributed by atoms with Crippen molar-refractivity contribution in [2.45, 2.75) is 6.42 Å². The van der Waals surface area contributed by atoms with Crippen LogP contribution in [0, 0.1) is 0 Å². The highest BCUT2D eigenvalue weighted by Crippen LogP contribution is 1.78. The summed E-state index contributed by atoms with van der Waals surface area (Å²) in [6.07, 6.45) is 1.16. The molecule has 0 spiro atoms. The first-order valence-electron chi connectivity index (χ1n) is 3.56. The largest absolute Gasteiger partial charge is 0.309 e. The molecule has 0 atom stereocenters. The minimum atomic E-state index is 0.688. The summed E-state index contributed by atoms with van der Waals surface area (Å²) in [5.74, 6) is 5.05. The van der Waals surface area contributed by atoms with Crippen LogP contribution in [0.5, 0.6) is 0 Å². The van der Waals surface area contributed by atoms with Crippen LogP contribution >= 0.6 is 0 Å². The smallest absolute Gasteiger partial charge is 0.0587 e. The third-order valence-corrected chi connectivity index (χ3v) is 1.19. The molecule has 4 N–H and O–H groups in total. The summed E-state index contributed by atoms with van der Waals surface area (Å²) in [7, 11) is 4.14. The van der Waals surface area contributed by atoms with Crippen LogP contribution in [0.25, 0.3) is 0 Å². The summed E-state index contributed by atoms with van der Waals surface area (Å²) in [6, 6.07) is 0. The molecular weight excluding hydrogens is 128 g/mol.